The maximum absolute atomic E-state index is 13.7. The van der Waals surface area contributed by atoms with Crippen molar-refractivity contribution in [2.75, 3.05) is 13.2 Å². The van der Waals surface area contributed by atoms with Gasteiger partial charge in [-0.25, -0.2) is 0 Å². The molecular formula is C16H24F2O2. The monoisotopic (exact) mass is 286 g/mol. The van der Waals surface area contributed by atoms with Gasteiger partial charge >= 0.3 is 0 Å². The standard InChI is InChI=1S/C16H24F2O2/c1-5-19-12(3)15(17)16(18)13(4)20-10-14-8-6-11(2)7-9-14/h11,14H,3-10H2,1-2H3/b16-15-. The van der Waals surface area contributed by atoms with E-state index in [9.17, 15) is 8.78 Å². The molecule has 0 aliphatic heterocycles. The van der Waals surface area contributed by atoms with E-state index >= 15 is 0 Å². The molecule has 1 saturated carbocycles. The van der Waals surface area contributed by atoms with Gasteiger partial charge in [0.15, 0.2) is 11.5 Å². The van der Waals surface area contributed by atoms with E-state index in [-0.39, 0.29) is 18.1 Å². The van der Waals surface area contributed by atoms with Crippen LogP contribution in [0.3, 0.4) is 0 Å². The van der Waals surface area contributed by atoms with Crippen LogP contribution in [0.25, 0.3) is 0 Å². The lowest BCUT2D eigenvalue weighted by atomic mass is 9.83. The van der Waals surface area contributed by atoms with E-state index in [1.165, 1.54) is 0 Å². The summed E-state index contributed by atoms with van der Waals surface area (Å²) in [6.07, 6.45) is 4.45. The minimum atomic E-state index is -1.14. The average molecular weight is 286 g/mol. The van der Waals surface area contributed by atoms with Crippen molar-refractivity contribution in [1.82, 2.24) is 0 Å². The molecule has 1 rings (SSSR count). The Bertz CT molecular complexity index is 380. The predicted octanol–water partition coefficient (Wildman–Crippen LogP) is 5.04. The van der Waals surface area contributed by atoms with Crippen molar-refractivity contribution in [3.05, 3.63) is 36.3 Å². The number of hydrogen-bond donors (Lipinski definition) is 0. The number of hydrogen-bond acceptors (Lipinski definition) is 2. The van der Waals surface area contributed by atoms with Crippen LogP contribution >= 0.6 is 0 Å². The fourth-order valence-electron chi connectivity index (χ4n) is 2.26. The van der Waals surface area contributed by atoms with Crippen molar-refractivity contribution in [2.45, 2.75) is 39.5 Å². The second kappa shape index (κ2) is 8.08. The highest BCUT2D eigenvalue weighted by molar-refractivity contribution is 5.29. The zero-order valence-electron chi connectivity index (χ0n) is 12.4. The van der Waals surface area contributed by atoms with Crippen molar-refractivity contribution in [3.63, 3.8) is 0 Å². The van der Waals surface area contributed by atoms with Crippen LogP contribution in [0.5, 0.6) is 0 Å². The largest absolute Gasteiger partial charge is 0.491 e. The van der Waals surface area contributed by atoms with E-state index in [1.54, 1.807) is 6.92 Å². The van der Waals surface area contributed by atoms with Crippen LogP contribution in [0.1, 0.15) is 39.5 Å². The molecule has 2 nitrogen and oxygen atoms in total. The van der Waals surface area contributed by atoms with Crippen LogP contribution in [0, 0.1) is 11.8 Å². The molecule has 0 heterocycles. The molecule has 0 atom stereocenters. The van der Waals surface area contributed by atoms with Crippen LogP contribution in [0.2, 0.25) is 0 Å². The fraction of sp³-hybridized carbons (Fsp3) is 0.625. The Kier molecular flexibility index (Phi) is 6.76. The molecule has 0 saturated heterocycles. The third-order valence-corrected chi connectivity index (χ3v) is 3.63. The second-order valence-corrected chi connectivity index (χ2v) is 5.34. The van der Waals surface area contributed by atoms with Crippen LogP contribution in [-0.2, 0) is 9.47 Å². The summed E-state index contributed by atoms with van der Waals surface area (Å²) in [5.74, 6) is -1.75. The molecule has 0 radical (unpaired) electrons. The van der Waals surface area contributed by atoms with E-state index < -0.39 is 11.7 Å². The minimum absolute atomic E-state index is 0.229. The Labute approximate surface area is 120 Å². The maximum Gasteiger partial charge on any atom is 0.203 e. The molecule has 0 unspecified atom stereocenters. The summed E-state index contributed by atoms with van der Waals surface area (Å²) in [5, 5.41) is 0. The lowest BCUT2D eigenvalue weighted by Crippen LogP contribution is -2.17. The summed E-state index contributed by atoms with van der Waals surface area (Å²) >= 11 is 0. The van der Waals surface area contributed by atoms with Gasteiger partial charge in [-0.05, 0) is 31.6 Å². The van der Waals surface area contributed by atoms with E-state index in [0.29, 0.717) is 12.5 Å². The van der Waals surface area contributed by atoms with Crippen molar-refractivity contribution < 1.29 is 18.3 Å². The smallest absolute Gasteiger partial charge is 0.203 e. The maximum atomic E-state index is 13.7. The first kappa shape index (κ1) is 16.7. The molecule has 0 N–H and O–H groups in total. The summed E-state index contributed by atoms with van der Waals surface area (Å²) < 4.78 is 37.4. The van der Waals surface area contributed by atoms with Crippen LogP contribution in [0.4, 0.5) is 8.78 Å². The van der Waals surface area contributed by atoms with E-state index in [1.807, 2.05) is 0 Å². The van der Waals surface area contributed by atoms with Crippen molar-refractivity contribution in [1.29, 1.82) is 0 Å². The van der Waals surface area contributed by atoms with Crippen molar-refractivity contribution in [2.24, 2.45) is 11.8 Å². The molecule has 1 aliphatic carbocycles. The molecule has 20 heavy (non-hydrogen) atoms. The molecule has 0 spiro atoms. The molecule has 0 aromatic carbocycles. The quantitative estimate of drug-likeness (QED) is 0.482. The summed E-state index contributed by atoms with van der Waals surface area (Å²) in [7, 11) is 0. The van der Waals surface area contributed by atoms with Gasteiger partial charge in [0, 0.05) is 0 Å². The SMILES string of the molecule is C=C(OCC)/C(F)=C(/F)C(=C)OCC1CCC(C)CC1. The highest BCUT2D eigenvalue weighted by atomic mass is 19.2. The van der Waals surface area contributed by atoms with E-state index in [2.05, 4.69) is 20.1 Å². The van der Waals surface area contributed by atoms with Gasteiger partial charge in [-0.15, -0.1) is 0 Å². The van der Waals surface area contributed by atoms with Crippen LogP contribution in [-0.4, -0.2) is 13.2 Å². The lowest BCUT2D eigenvalue weighted by molar-refractivity contribution is 0.129. The summed E-state index contributed by atoms with van der Waals surface area (Å²) in [5.41, 5.74) is 0. The molecule has 0 aromatic heterocycles. The first-order valence-corrected chi connectivity index (χ1v) is 7.15. The first-order valence-electron chi connectivity index (χ1n) is 7.15. The van der Waals surface area contributed by atoms with Gasteiger partial charge in [0.2, 0.25) is 11.7 Å². The van der Waals surface area contributed by atoms with Crippen molar-refractivity contribution in [3.8, 4) is 0 Å². The summed E-state index contributed by atoms with van der Waals surface area (Å²) in [6.45, 7) is 11.3. The Hall–Kier alpha value is -1.32. The molecule has 1 aliphatic rings. The molecule has 1 fully saturated rings. The summed E-state index contributed by atoms with van der Waals surface area (Å²) in [4.78, 5) is 0. The normalized spacial score (nSPS) is 23.8. The van der Waals surface area contributed by atoms with Gasteiger partial charge in [-0.3, -0.25) is 0 Å². The second-order valence-electron chi connectivity index (χ2n) is 5.34. The average Bonchev–Trinajstić information content (AvgIpc) is 2.45. The predicted molar refractivity (Wildman–Crippen MR) is 76.2 cm³/mol. The van der Waals surface area contributed by atoms with E-state index in [4.69, 9.17) is 9.47 Å². The van der Waals surface area contributed by atoms with Gasteiger partial charge in [-0.2, -0.15) is 8.78 Å². The molecule has 0 aromatic rings. The molecular weight excluding hydrogens is 262 g/mol. The molecule has 0 amide bonds. The Balaban J connectivity index is 2.45. The minimum Gasteiger partial charge on any atom is -0.491 e. The topological polar surface area (TPSA) is 18.5 Å². The van der Waals surface area contributed by atoms with Crippen molar-refractivity contribution >= 4 is 0 Å². The highest BCUT2D eigenvalue weighted by Gasteiger charge is 2.20. The third kappa shape index (κ3) is 4.99. The van der Waals surface area contributed by atoms with Crippen LogP contribution < -0.4 is 0 Å². The van der Waals surface area contributed by atoms with Gasteiger partial charge in [0.1, 0.15) is 0 Å². The Morgan fingerprint density at radius 2 is 1.50 bits per heavy atom. The number of rotatable bonds is 7. The summed E-state index contributed by atoms with van der Waals surface area (Å²) in [6, 6.07) is 0. The Morgan fingerprint density at radius 1 is 1.00 bits per heavy atom. The van der Waals surface area contributed by atoms with Crippen LogP contribution in [0.15, 0.2) is 36.3 Å². The van der Waals surface area contributed by atoms with Gasteiger partial charge < -0.3 is 9.47 Å². The fourth-order valence-corrected chi connectivity index (χ4v) is 2.26. The molecule has 114 valence electrons. The first-order chi connectivity index (χ1) is 9.45. The lowest BCUT2D eigenvalue weighted by Gasteiger charge is -2.26. The van der Waals surface area contributed by atoms with E-state index in [0.717, 1.165) is 31.6 Å². The zero-order valence-corrected chi connectivity index (χ0v) is 12.4. The molecule has 0 bridgehead atoms. The number of allylic oxidation sites excluding steroid dienone is 2. The highest BCUT2D eigenvalue weighted by Crippen LogP contribution is 2.30. The molecule has 4 heteroatoms. The zero-order chi connectivity index (χ0) is 15.1. The van der Waals surface area contributed by atoms with Gasteiger partial charge in [0.05, 0.1) is 13.2 Å². The number of ether oxygens (including phenoxy) is 2. The van der Waals surface area contributed by atoms with Gasteiger partial charge in [-0.1, -0.05) is 32.9 Å². The number of halogens is 2. The third-order valence-electron chi connectivity index (χ3n) is 3.63. The van der Waals surface area contributed by atoms with Gasteiger partial charge in [0.25, 0.3) is 0 Å². The Morgan fingerprint density at radius 3 is 2.00 bits per heavy atom.